The summed E-state index contributed by atoms with van der Waals surface area (Å²) in [5.74, 6) is 3.67. The summed E-state index contributed by atoms with van der Waals surface area (Å²) in [5, 5.41) is 29.9. The van der Waals surface area contributed by atoms with Gasteiger partial charge in [0.2, 0.25) is 17.7 Å². The number of hydrogen-bond donors (Lipinski definition) is 4. The number of thiazole rings is 1. The number of carbonyl (C=O) groups excluding carboxylic acids is 3. The molecule has 4 fully saturated rings. The zero-order valence-electron chi connectivity index (χ0n) is 52.6. The number of carbonyl (C=O) groups is 3. The molecule has 3 aromatic carbocycles. The van der Waals surface area contributed by atoms with Crippen LogP contribution in [-0.4, -0.2) is 143 Å². The van der Waals surface area contributed by atoms with Crippen LogP contribution in [0.2, 0.25) is 16.6 Å². The quantitative estimate of drug-likeness (QED) is 0.0442. The van der Waals surface area contributed by atoms with Gasteiger partial charge in [0.25, 0.3) is 0 Å². The molecule has 0 radical (unpaired) electrons. The molecule has 3 aliphatic heterocycles. The van der Waals surface area contributed by atoms with E-state index < -0.39 is 49.3 Å². The molecule has 3 amide bonds. The fourth-order valence-electron chi connectivity index (χ4n) is 14.4. The fourth-order valence-corrected chi connectivity index (χ4v) is 20.4. The normalized spacial score (nSPS) is 20.1. The molecule has 6 atom stereocenters. The maximum atomic E-state index is 17.7. The lowest BCUT2D eigenvalue weighted by Crippen LogP contribution is -2.58. The van der Waals surface area contributed by atoms with Gasteiger partial charge in [-0.15, -0.1) is 16.9 Å². The predicted octanol–water partition coefficient (Wildman–Crippen LogP) is 11.4. The number of ether oxygens (including phenoxy) is 2. The number of pyridine rings is 1. The van der Waals surface area contributed by atoms with Gasteiger partial charge in [-0.2, -0.15) is 9.97 Å². The van der Waals surface area contributed by atoms with Gasteiger partial charge < -0.3 is 40.1 Å². The number of nitrogens with one attached hydrogen (secondary N) is 2. The van der Waals surface area contributed by atoms with Crippen LogP contribution in [0.15, 0.2) is 66.3 Å². The number of β-amino-alcohol motifs (C(OH)–C–C–N with tert-alkyl or cyclic N) is 1. The lowest BCUT2D eigenvalue weighted by atomic mass is 9.85. The highest BCUT2D eigenvalue weighted by Crippen LogP contribution is 2.44. The van der Waals surface area contributed by atoms with Gasteiger partial charge in [0.05, 0.1) is 40.2 Å². The first-order chi connectivity index (χ1) is 41.5. The summed E-state index contributed by atoms with van der Waals surface area (Å²) in [6.45, 7) is 27.3. The highest BCUT2D eigenvalue weighted by atomic mass is 32.1. The number of aliphatic hydroxyl groups is 1. The SMILES string of the molecule is Cc1ncsc1-c1ccc([C@H](C)NC(=O)[C@@H]2C[C@@H](O)CN2C(=O)[C@@H](NC(=O)COCC2CCN(CCOc3nc(N4CC5CCC(C5)C4)c4cnc(-c5cc(O)cc6cccc(C#C[Si](C(C)C)(C(C)C)C(C)C)c56)c(F)c4n3)CC2)C(C)(C)C)cc1. The van der Waals surface area contributed by atoms with Gasteiger partial charge in [0, 0.05) is 55.3 Å². The highest BCUT2D eigenvalue weighted by molar-refractivity contribution is 7.13. The van der Waals surface area contributed by atoms with Crippen LogP contribution < -0.4 is 20.3 Å². The number of aromatic nitrogens is 4. The van der Waals surface area contributed by atoms with E-state index in [0.29, 0.717) is 58.4 Å². The minimum absolute atomic E-state index is 0.00105. The van der Waals surface area contributed by atoms with Crippen molar-refractivity contribution in [1.29, 1.82) is 0 Å². The van der Waals surface area contributed by atoms with Crippen LogP contribution in [0.25, 0.3) is 43.4 Å². The number of likely N-dealkylation sites (tertiary alicyclic amines) is 2. The predicted molar refractivity (Wildman–Crippen MR) is 345 cm³/mol. The standard InChI is InChI=1S/C68H88FN9O7SSi/c1-40(2)87(41(3)4,42(5)6)28-23-49-13-12-14-51-30-52(79)31-54(58(49)51)60-59(69)61-55(33-70-60)64(77-34-46-15-16-47(29-46)35-77)75-67(74-61)85-27-26-76-24-21-45(22-25-76)37-84-38-57(81)73-63(68(9,10)11)66(83)78-36-53(80)32-56(78)65(82)72-43(7)48-17-19-50(20-18-48)62-44(8)71-39-86-62/h12-14,17-20,30-31,33,39-43,45-47,53,56,63,79-80H,15-16,21-22,24-27,29,32,34-38H2,1-11H3,(H,72,82)(H,73,81)/t43-,46?,47?,53+,56-,63+/m0/s1. The van der Waals surface area contributed by atoms with E-state index in [2.05, 4.69) is 78.4 Å². The molecule has 1 aliphatic carbocycles. The van der Waals surface area contributed by atoms with E-state index in [1.165, 1.54) is 11.3 Å². The average molecular weight is 1220 g/mol. The molecule has 4 N–H and O–H groups in total. The Morgan fingerprint density at radius 1 is 0.885 bits per heavy atom. The number of hydrogen-bond acceptors (Lipinski definition) is 14. The van der Waals surface area contributed by atoms with Crippen molar-refractivity contribution in [3.63, 3.8) is 0 Å². The molecule has 0 spiro atoms. The number of aliphatic hydroxyl groups excluding tert-OH is 1. The summed E-state index contributed by atoms with van der Waals surface area (Å²) >= 11 is 1.58. The number of benzene rings is 3. The Morgan fingerprint density at radius 2 is 1.59 bits per heavy atom. The van der Waals surface area contributed by atoms with Crippen LogP contribution in [0.5, 0.6) is 11.8 Å². The van der Waals surface area contributed by atoms with Crippen LogP contribution >= 0.6 is 11.3 Å². The summed E-state index contributed by atoms with van der Waals surface area (Å²) in [6.07, 6.45) is 6.07. The largest absolute Gasteiger partial charge is 0.508 e. The van der Waals surface area contributed by atoms with Crippen molar-refractivity contribution in [2.45, 2.75) is 156 Å². The monoisotopic (exact) mass is 1220 g/mol. The van der Waals surface area contributed by atoms with Crippen LogP contribution in [0, 0.1) is 47.4 Å². The summed E-state index contributed by atoms with van der Waals surface area (Å²) in [5.41, 5.74) is 10.5. The van der Waals surface area contributed by atoms with E-state index in [1.54, 1.807) is 29.7 Å². The third-order valence-electron chi connectivity index (χ3n) is 19.0. The Balaban J connectivity index is 0.760. The number of aromatic hydroxyl groups is 1. The minimum atomic E-state index is -2.13. The number of piperidine rings is 2. The zero-order valence-corrected chi connectivity index (χ0v) is 54.4. The number of rotatable bonds is 19. The second-order valence-electron chi connectivity index (χ2n) is 27.0. The van der Waals surface area contributed by atoms with Crippen LogP contribution in [0.1, 0.15) is 131 Å². The van der Waals surface area contributed by atoms with E-state index in [9.17, 15) is 24.6 Å². The Hall–Kier alpha value is -6.56. The smallest absolute Gasteiger partial charge is 0.319 e. The van der Waals surface area contributed by atoms with Crippen LogP contribution in [0.3, 0.4) is 0 Å². The summed E-state index contributed by atoms with van der Waals surface area (Å²) in [7, 11) is -2.13. The molecular formula is C68H88FN9O7SSi. The topological polar surface area (TPSA) is 195 Å². The molecule has 6 aromatic rings. The van der Waals surface area contributed by atoms with Crippen molar-refractivity contribution in [2.24, 2.45) is 23.2 Å². The third-order valence-corrected chi connectivity index (χ3v) is 26.3. The lowest BCUT2D eigenvalue weighted by molar-refractivity contribution is -0.144. The van der Waals surface area contributed by atoms with Crippen molar-refractivity contribution in [3.05, 3.63) is 88.9 Å². The third kappa shape index (κ3) is 13.9. The molecule has 2 unspecified atom stereocenters. The molecule has 6 heterocycles. The van der Waals surface area contributed by atoms with E-state index >= 15 is 4.39 Å². The van der Waals surface area contributed by atoms with Crippen LogP contribution in [0.4, 0.5) is 10.2 Å². The van der Waals surface area contributed by atoms with E-state index in [1.807, 2.05) is 82.6 Å². The molecule has 2 bridgehead atoms. The Bertz CT molecular complexity index is 3500. The molecule has 3 saturated heterocycles. The minimum Gasteiger partial charge on any atom is -0.508 e. The Morgan fingerprint density at radius 3 is 2.24 bits per heavy atom. The second kappa shape index (κ2) is 26.6. The van der Waals surface area contributed by atoms with Crippen molar-refractivity contribution in [2.75, 3.05) is 64.0 Å². The molecule has 3 aromatic heterocycles. The van der Waals surface area contributed by atoms with Gasteiger partial charge in [-0.3, -0.25) is 24.3 Å². The van der Waals surface area contributed by atoms with Crippen LogP contribution in [-0.2, 0) is 19.1 Å². The number of halogens is 1. The van der Waals surface area contributed by atoms with Gasteiger partial charge in [-0.1, -0.05) is 105 Å². The van der Waals surface area contributed by atoms with Gasteiger partial charge in [0.15, 0.2) is 5.82 Å². The highest BCUT2D eigenvalue weighted by Gasteiger charge is 2.45. The Labute approximate surface area is 517 Å². The summed E-state index contributed by atoms with van der Waals surface area (Å²) in [4.78, 5) is 67.7. The number of nitrogens with zero attached hydrogens (tertiary/aromatic N) is 7. The number of phenols is 1. The molecule has 464 valence electrons. The molecule has 16 nitrogen and oxygen atoms in total. The van der Waals surface area contributed by atoms with Gasteiger partial charge >= 0.3 is 6.01 Å². The van der Waals surface area contributed by atoms with Crippen molar-refractivity contribution >= 4 is 64.6 Å². The second-order valence-corrected chi connectivity index (χ2v) is 33.5. The fraction of sp³-hybridized carbons (Fsp3) is 0.544. The first-order valence-electron chi connectivity index (χ1n) is 31.4. The van der Waals surface area contributed by atoms with Crippen molar-refractivity contribution < 1.29 is 38.5 Å². The maximum Gasteiger partial charge on any atom is 0.319 e. The summed E-state index contributed by atoms with van der Waals surface area (Å²) < 4.78 is 30.0. The molecular weight excluding hydrogens is 1130 g/mol. The maximum absolute atomic E-state index is 17.7. The van der Waals surface area contributed by atoms with Crippen molar-refractivity contribution in [1.82, 2.24) is 40.4 Å². The lowest BCUT2D eigenvalue weighted by Gasteiger charge is -2.38. The zero-order chi connectivity index (χ0) is 62.1. The molecule has 4 aliphatic rings. The molecule has 19 heteroatoms. The molecule has 87 heavy (non-hydrogen) atoms. The van der Waals surface area contributed by atoms with Crippen molar-refractivity contribution in [3.8, 4) is 44.9 Å². The number of fused-ring (bicyclic) bond motifs is 4. The number of anilines is 1. The van der Waals surface area contributed by atoms with E-state index in [-0.39, 0.29) is 67.0 Å². The molecule has 1 saturated carbocycles. The van der Waals surface area contributed by atoms with E-state index in [4.69, 9.17) is 24.4 Å². The van der Waals surface area contributed by atoms with Gasteiger partial charge in [-0.05, 0) is 134 Å². The number of aryl methyl sites for hydroxylation is 1. The van der Waals surface area contributed by atoms with Gasteiger partial charge in [-0.25, -0.2) is 9.37 Å². The average Bonchev–Trinajstić information content (AvgIpc) is 1.39. The summed E-state index contributed by atoms with van der Waals surface area (Å²) in [6, 6.07) is 14.9. The van der Waals surface area contributed by atoms with E-state index in [0.717, 1.165) is 89.9 Å². The Kier molecular flexibility index (Phi) is 19.4. The number of phenolic OH excluding ortho intramolecular Hbond substituents is 1. The molecule has 10 rings (SSSR count). The first-order valence-corrected chi connectivity index (χ1v) is 34.5. The first kappa shape index (κ1) is 63.5. The van der Waals surface area contributed by atoms with Gasteiger partial charge in [0.1, 0.15) is 56.1 Å². The number of amides is 3.